The lowest BCUT2D eigenvalue weighted by molar-refractivity contribution is 0.0293. The average Bonchev–Trinajstić information content (AvgIpc) is 3.14. The van der Waals surface area contributed by atoms with Gasteiger partial charge in [-0.1, -0.05) is 13.0 Å². The SMILES string of the molecule is CC(C)(C)OC(=O)N1CCC(Nc2cccc(-c3cnc4cc(C5(C)CC5)ccn34)n2)C1. The Bertz CT molecular complexity index is 1160. The van der Waals surface area contributed by atoms with Crippen LogP contribution in [-0.2, 0) is 10.2 Å². The molecule has 1 N–H and O–H groups in total. The first-order chi connectivity index (χ1) is 15.2. The Morgan fingerprint density at radius 3 is 2.81 bits per heavy atom. The van der Waals surface area contributed by atoms with Crippen molar-refractivity contribution in [3.05, 3.63) is 48.3 Å². The molecule has 0 radical (unpaired) electrons. The van der Waals surface area contributed by atoms with Gasteiger partial charge in [0.1, 0.15) is 17.1 Å². The first-order valence-corrected chi connectivity index (χ1v) is 11.4. The number of rotatable bonds is 4. The predicted molar refractivity (Wildman–Crippen MR) is 125 cm³/mol. The van der Waals surface area contributed by atoms with E-state index in [1.54, 1.807) is 4.90 Å². The van der Waals surface area contributed by atoms with Crippen molar-refractivity contribution < 1.29 is 9.53 Å². The Balaban J connectivity index is 1.30. The molecule has 0 aromatic carbocycles. The quantitative estimate of drug-likeness (QED) is 0.636. The van der Waals surface area contributed by atoms with Gasteiger partial charge in [0.25, 0.3) is 0 Å². The van der Waals surface area contributed by atoms with Gasteiger partial charge >= 0.3 is 6.09 Å². The Hall–Kier alpha value is -3.09. The fourth-order valence-electron chi connectivity index (χ4n) is 4.26. The second-order valence-corrected chi connectivity index (χ2v) is 10.3. The van der Waals surface area contributed by atoms with Gasteiger partial charge in [-0.05, 0) is 75.3 Å². The van der Waals surface area contributed by atoms with E-state index in [0.29, 0.717) is 18.5 Å². The summed E-state index contributed by atoms with van der Waals surface area (Å²) in [5.41, 5.74) is 4.00. The summed E-state index contributed by atoms with van der Waals surface area (Å²) in [6.45, 7) is 9.27. The van der Waals surface area contributed by atoms with E-state index in [1.165, 1.54) is 18.4 Å². The zero-order valence-electron chi connectivity index (χ0n) is 19.3. The minimum atomic E-state index is -0.483. The maximum atomic E-state index is 12.3. The normalized spacial score (nSPS) is 19.9. The van der Waals surface area contributed by atoms with E-state index in [-0.39, 0.29) is 12.1 Å². The number of hydrogen-bond acceptors (Lipinski definition) is 5. The van der Waals surface area contributed by atoms with Gasteiger partial charge in [-0.15, -0.1) is 0 Å². The topological polar surface area (TPSA) is 71.8 Å². The minimum Gasteiger partial charge on any atom is -0.444 e. The highest BCUT2D eigenvalue weighted by Crippen LogP contribution is 2.47. The number of aromatic nitrogens is 3. The highest BCUT2D eigenvalue weighted by atomic mass is 16.6. The molecule has 1 aliphatic carbocycles. The summed E-state index contributed by atoms with van der Waals surface area (Å²) in [5.74, 6) is 0.801. The van der Waals surface area contributed by atoms with Crippen molar-refractivity contribution in [2.24, 2.45) is 0 Å². The number of imidazole rings is 1. The largest absolute Gasteiger partial charge is 0.444 e. The molecule has 32 heavy (non-hydrogen) atoms. The summed E-state index contributed by atoms with van der Waals surface area (Å²) < 4.78 is 7.59. The van der Waals surface area contributed by atoms with Crippen molar-refractivity contribution in [2.45, 2.75) is 64.0 Å². The standard InChI is InChI=1S/C25H31N5O2/c1-24(2,3)32-23(31)29-12-9-18(16-29)27-21-7-5-6-19(28-21)20-15-26-22-14-17(8-13-30(20)22)25(4)10-11-25/h5-8,13-15,18H,9-12,16H2,1-4H3,(H,27,28). The fourth-order valence-corrected chi connectivity index (χ4v) is 4.26. The summed E-state index contributed by atoms with van der Waals surface area (Å²) in [7, 11) is 0. The zero-order valence-corrected chi connectivity index (χ0v) is 19.3. The van der Waals surface area contributed by atoms with E-state index in [1.807, 2.05) is 45.2 Å². The van der Waals surface area contributed by atoms with Gasteiger partial charge in [0.2, 0.25) is 0 Å². The highest BCUT2D eigenvalue weighted by Gasteiger charge is 2.39. The molecule has 3 aromatic rings. The van der Waals surface area contributed by atoms with Crippen LogP contribution in [0.4, 0.5) is 10.6 Å². The molecule has 1 amide bonds. The highest BCUT2D eigenvalue weighted by molar-refractivity contribution is 5.69. The third-order valence-corrected chi connectivity index (χ3v) is 6.41. The number of hydrogen-bond donors (Lipinski definition) is 1. The molecule has 168 valence electrons. The van der Waals surface area contributed by atoms with Crippen molar-refractivity contribution in [1.29, 1.82) is 0 Å². The minimum absolute atomic E-state index is 0.147. The molecule has 1 unspecified atom stereocenters. The zero-order chi connectivity index (χ0) is 22.5. The molecule has 1 saturated carbocycles. The van der Waals surface area contributed by atoms with Crippen molar-refractivity contribution in [1.82, 2.24) is 19.3 Å². The van der Waals surface area contributed by atoms with E-state index in [4.69, 9.17) is 9.72 Å². The lowest BCUT2D eigenvalue weighted by Gasteiger charge is -2.24. The molecule has 2 fully saturated rings. The smallest absolute Gasteiger partial charge is 0.410 e. The van der Waals surface area contributed by atoms with E-state index < -0.39 is 5.60 Å². The summed E-state index contributed by atoms with van der Waals surface area (Å²) in [6.07, 6.45) is 7.10. The number of pyridine rings is 2. The molecule has 3 aromatic heterocycles. The average molecular weight is 434 g/mol. The van der Waals surface area contributed by atoms with Crippen LogP contribution in [0.2, 0.25) is 0 Å². The fraction of sp³-hybridized carbons (Fsp3) is 0.480. The molecule has 2 aliphatic rings. The van der Waals surface area contributed by atoms with Crippen LogP contribution in [0.1, 0.15) is 52.5 Å². The third-order valence-electron chi connectivity index (χ3n) is 6.41. The molecule has 1 aliphatic heterocycles. The Labute approximate surface area is 188 Å². The third kappa shape index (κ3) is 4.16. The molecule has 0 bridgehead atoms. The van der Waals surface area contributed by atoms with Gasteiger partial charge < -0.3 is 15.0 Å². The number of amides is 1. The monoisotopic (exact) mass is 433 g/mol. The van der Waals surface area contributed by atoms with Crippen LogP contribution < -0.4 is 5.32 Å². The van der Waals surface area contributed by atoms with Gasteiger partial charge in [0.15, 0.2) is 0 Å². The second-order valence-electron chi connectivity index (χ2n) is 10.3. The Morgan fingerprint density at radius 1 is 1.25 bits per heavy atom. The number of fused-ring (bicyclic) bond motifs is 1. The van der Waals surface area contributed by atoms with Gasteiger partial charge in [0.05, 0.1) is 17.6 Å². The van der Waals surface area contributed by atoms with Gasteiger partial charge in [-0.3, -0.25) is 4.40 Å². The Kier molecular flexibility index (Phi) is 4.87. The maximum absolute atomic E-state index is 12.3. The number of carbonyl (C=O) groups is 1. The second kappa shape index (κ2) is 7.50. The number of likely N-dealkylation sites (tertiary alicyclic amines) is 1. The number of nitrogens with zero attached hydrogens (tertiary/aromatic N) is 4. The van der Waals surface area contributed by atoms with Gasteiger partial charge in [-0.25, -0.2) is 14.8 Å². The van der Waals surface area contributed by atoms with Crippen LogP contribution in [0.25, 0.3) is 17.0 Å². The van der Waals surface area contributed by atoms with E-state index in [0.717, 1.165) is 29.3 Å². The molecule has 0 spiro atoms. The molecule has 7 heteroatoms. The van der Waals surface area contributed by atoms with Crippen molar-refractivity contribution >= 4 is 17.6 Å². The predicted octanol–water partition coefficient (Wildman–Crippen LogP) is 4.87. The molecule has 4 heterocycles. The van der Waals surface area contributed by atoms with Crippen molar-refractivity contribution in [3.63, 3.8) is 0 Å². The number of anilines is 1. The van der Waals surface area contributed by atoms with Crippen LogP contribution in [0.3, 0.4) is 0 Å². The van der Waals surface area contributed by atoms with E-state index in [2.05, 4.69) is 40.0 Å². The molecule has 5 rings (SSSR count). The van der Waals surface area contributed by atoms with Gasteiger partial charge in [0, 0.05) is 25.3 Å². The van der Waals surface area contributed by atoms with Crippen LogP contribution in [0.15, 0.2) is 42.7 Å². The summed E-state index contributed by atoms with van der Waals surface area (Å²) in [5, 5.41) is 3.49. The van der Waals surface area contributed by atoms with Crippen LogP contribution >= 0.6 is 0 Å². The Morgan fingerprint density at radius 2 is 2.06 bits per heavy atom. The van der Waals surface area contributed by atoms with Crippen molar-refractivity contribution in [3.8, 4) is 11.4 Å². The number of nitrogens with one attached hydrogen (secondary N) is 1. The van der Waals surface area contributed by atoms with Crippen molar-refractivity contribution in [2.75, 3.05) is 18.4 Å². The van der Waals surface area contributed by atoms with Crippen LogP contribution in [0, 0.1) is 0 Å². The molecule has 7 nitrogen and oxygen atoms in total. The number of carbonyl (C=O) groups excluding carboxylic acids is 1. The van der Waals surface area contributed by atoms with Crippen LogP contribution in [0.5, 0.6) is 0 Å². The molecular formula is C25H31N5O2. The van der Waals surface area contributed by atoms with Crippen LogP contribution in [-0.4, -0.2) is 50.1 Å². The lowest BCUT2D eigenvalue weighted by atomic mass is 10.00. The summed E-state index contributed by atoms with van der Waals surface area (Å²) in [4.78, 5) is 23.6. The van der Waals surface area contributed by atoms with E-state index >= 15 is 0 Å². The lowest BCUT2D eigenvalue weighted by Crippen LogP contribution is -2.36. The van der Waals surface area contributed by atoms with E-state index in [9.17, 15) is 4.79 Å². The van der Waals surface area contributed by atoms with Gasteiger partial charge in [-0.2, -0.15) is 0 Å². The first kappa shape index (κ1) is 20.8. The summed E-state index contributed by atoms with van der Waals surface area (Å²) >= 11 is 0. The molecular weight excluding hydrogens is 402 g/mol. The molecule has 1 atom stereocenters. The molecule has 1 saturated heterocycles. The maximum Gasteiger partial charge on any atom is 0.410 e. The number of ether oxygens (including phenoxy) is 1. The first-order valence-electron chi connectivity index (χ1n) is 11.4. The summed E-state index contributed by atoms with van der Waals surface area (Å²) in [6, 6.07) is 10.5.